The smallest absolute Gasteiger partial charge is 0.329 e. The molecule has 2 aromatic heterocycles. The normalized spacial score (nSPS) is 11.4. The molecule has 0 unspecified atom stereocenters. The summed E-state index contributed by atoms with van der Waals surface area (Å²) in [4.78, 5) is 30.0. The SMILES string of the molecule is CNc1nc2c(c(=O)[nH]c(=O)n2C)n1CC(C)C. The maximum Gasteiger partial charge on any atom is 0.329 e. The Kier molecular flexibility index (Phi) is 2.98. The largest absolute Gasteiger partial charge is 0.359 e. The highest BCUT2D eigenvalue weighted by Gasteiger charge is 2.16. The number of imidazole rings is 1. The van der Waals surface area contributed by atoms with E-state index in [9.17, 15) is 9.59 Å². The Morgan fingerprint density at radius 1 is 1.39 bits per heavy atom. The van der Waals surface area contributed by atoms with Crippen molar-refractivity contribution in [3.8, 4) is 0 Å². The van der Waals surface area contributed by atoms with Gasteiger partial charge in [0.15, 0.2) is 11.2 Å². The van der Waals surface area contributed by atoms with Crippen molar-refractivity contribution in [2.75, 3.05) is 12.4 Å². The lowest BCUT2D eigenvalue weighted by molar-refractivity contribution is 0.535. The maximum atomic E-state index is 11.9. The summed E-state index contributed by atoms with van der Waals surface area (Å²) >= 11 is 0. The molecule has 0 bridgehead atoms. The summed E-state index contributed by atoms with van der Waals surface area (Å²) in [5, 5.41) is 2.95. The molecular weight excluding hydrogens is 234 g/mol. The number of aromatic amines is 1. The zero-order valence-corrected chi connectivity index (χ0v) is 10.9. The summed E-state index contributed by atoms with van der Waals surface area (Å²) in [6, 6.07) is 0. The average Bonchev–Trinajstić information content (AvgIpc) is 2.64. The van der Waals surface area contributed by atoms with Crippen molar-refractivity contribution < 1.29 is 0 Å². The molecule has 0 aliphatic carbocycles. The zero-order chi connectivity index (χ0) is 13.4. The van der Waals surface area contributed by atoms with E-state index in [1.165, 1.54) is 4.57 Å². The lowest BCUT2D eigenvalue weighted by Gasteiger charge is -2.10. The fraction of sp³-hybridized carbons (Fsp3) is 0.545. The van der Waals surface area contributed by atoms with Crippen LogP contribution in [0.15, 0.2) is 9.59 Å². The minimum atomic E-state index is -0.454. The third kappa shape index (κ3) is 1.81. The highest BCUT2D eigenvalue weighted by Crippen LogP contribution is 2.16. The molecule has 0 fully saturated rings. The Hall–Kier alpha value is -2.05. The van der Waals surface area contributed by atoms with E-state index in [0.717, 1.165) is 0 Å². The highest BCUT2D eigenvalue weighted by atomic mass is 16.2. The van der Waals surface area contributed by atoms with Crippen molar-refractivity contribution in [2.45, 2.75) is 20.4 Å². The first-order valence-electron chi connectivity index (χ1n) is 5.83. The molecule has 0 aromatic carbocycles. The number of fused-ring (bicyclic) bond motifs is 1. The van der Waals surface area contributed by atoms with Gasteiger partial charge in [-0.25, -0.2) is 4.79 Å². The van der Waals surface area contributed by atoms with Gasteiger partial charge in [-0.3, -0.25) is 14.3 Å². The molecule has 0 spiro atoms. The molecule has 2 aromatic rings. The van der Waals surface area contributed by atoms with Gasteiger partial charge in [-0.2, -0.15) is 4.98 Å². The molecular formula is C11H17N5O2. The standard InChI is InChI=1S/C11H17N5O2/c1-6(2)5-16-7-8(13-10(16)12-3)15(4)11(18)14-9(7)17/h6H,5H2,1-4H3,(H,12,13)(H,14,17,18). The topological polar surface area (TPSA) is 84.7 Å². The number of nitrogens with one attached hydrogen (secondary N) is 2. The molecule has 2 heterocycles. The van der Waals surface area contributed by atoms with Gasteiger partial charge in [0, 0.05) is 20.6 Å². The quantitative estimate of drug-likeness (QED) is 0.811. The van der Waals surface area contributed by atoms with E-state index in [4.69, 9.17) is 0 Å². The molecule has 18 heavy (non-hydrogen) atoms. The lowest BCUT2D eigenvalue weighted by atomic mass is 10.2. The van der Waals surface area contributed by atoms with Gasteiger partial charge in [0.1, 0.15) is 0 Å². The molecule has 0 atom stereocenters. The van der Waals surface area contributed by atoms with Crippen molar-refractivity contribution in [3.05, 3.63) is 20.8 Å². The van der Waals surface area contributed by atoms with Gasteiger partial charge in [0.25, 0.3) is 5.56 Å². The Morgan fingerprint density at radius 2 is 2.06 bits per heavy atom. The van der Waals surface area contributed by atoms with Crippen molar-refractivity contribution >= 4 is 17.1 Å². The Morgan fingerprint density at radius 3 is 2.61 bits per heavy atom. The van der Waals surface area contributed by atoms with Crippen LogP contribution in [-0.2, 0) is 13.6 Å². The number of aromatic nitrogens is 4. The monoisotopic (exact) mass is 251 g/mol. The van der Waals surface area contributed by atoms with Crippen LogP contribution >= 0.6 is 0 Å². The molecule has 7 heteroatoms. The summed E-state index contributed by atoms with van der Waals surface area (Å²) in [5.41, 5.74) is -0.0315. The number of aryl methyl sites for hydroxylation is 1. The molecule has 2 rings (SSSR count). The van der Waals surface area contributed by atoms with Gasteiger partial charge < -0.3 is 9.88 Å². The highest BCUT2D eigenvalue weighted by molar-refractivity contribution is 5.74. The van der Waals surface area contributed by atoms with Crippen LogP contribution in [0.25, 0.3) is 11.2 Å². The zero-order valence-electron chi connectivity index (χ0n) is 10.9. The number of anilines is 1. The minimum Gasteiger partial charge on any atom is -0.359 e. The first-order valence-corrected chi connectivity index (χ1v) is 5.83. The number of nitrogens with zero attached hydrogens (tertiary/aromatic N) is 3. The van der Waals surface area contributed by atoms with Crippen LogP contribution in [-0.4, -0.2) is 26.1 Å². The second kappa shape index (κ2) is 4.32. The van der Waals surface area contributed by atoms with Crippen LogP contribution in [0.2, 0.25) is 0 Å². The molecule has 0 aliphatic heterocycles. The van der Waals surface area contributed by atoms with E-state index in [1.54, 1.807) is 18.7 Å². The number of H-pyrrole nitrogens is 1. The fourth-order valence-electron chi connectivity index (χ4n) is 1.97. The van der Waals surface area contributed by atoms with Crippen molar-refractivity contribution in [1.82, 2.24) is 19.1 Å². The molecule has 0 saturated heterocycles. The number of rotatable bonds is 3. The molecule has 0 saturated carbocycles. The van der Waals surface area contributed by atoms with Crippen LogP contribution < -0.4 is 16.6 Å². The minimum absolute atomic E-state index is 0.367. The Labute approximate surface area is 103 Å². The van der Waals surface area contributed by atoms with E-state index in [2.05, 4.69) is 29.1 Å². The van der Waals surface area contributed by atoms with E-state index in [1.807, 2.05) is 0 Å². The maximum absolute atomic E-state index is 11.9. The molecule has 7 nitrogen and oxygen atoms in total. The van der Waals surface area contributed by atoms with Gasteiger partial charge in [0.05, 0.1) is 0 Å². The van der Waals surface area contributed by atoms with Crippen LogP contribution in [0.5, 0.6) is 0 Å². The van der Waals surface area contributed by atoms with Crippen LogP contribution in [0.4, 0.5) is 5.95 Å². The molecule has 0 aliphatic rings. The summed E-state index contributed by atoms with van der Waals surface area (Å²) in [6.07, 6.45) is 0. The number of hydrogen-bond donors (Lipinski definition) is 2. The van der Waals surface area contributed by atoms with Gasteiger partial charge in [-0.1, -0.05) is 13.8 Å². The summed E-state index contributed by atoms with van der Waals surface area (Å²) in [7, 11) is 3.33. The first kappa shape index (κ1) is 12.4. The average molecular weight is 251 g/mol. The van der Waals surface area contributed by atoms with E-state index < -0.39 is 11.2 Å². The summed E-state index contributed by atoms with van der Waals surface area (Å²) in [5.74, 6) is 0.955. The molecule has 98 valence electrons. The van der Waals surface area contributed by atoms with Crippen LogP contribution in [0.1, 0.15) is 13.8 Å². The first-order chi connectivity index (χ1) is 8.45. The van der Waals surface area contributed by atoms with Crippen molar-refractivity contribution in [1.29, 1.82) is 0 Å². The number of hydrogen-bond acceptors (Lipinski definition) is 4. The molecule has 2 N–H and O–H groups in total. The van der Waals surface area contributed by atoms with Crippen LogP contribution in [0.3, 0.4) is 0 Å². The van der Waals surface area contributed by atoms with Gasteiger partial charge in [0.2, 0.25) is 5.95 Å². The van der Waals surface area contributed by atoms with E-state index in [0.29, 0.717) is 29.6 Å². The predicted octanol–water partition coefficient (Wildman–Crippen LogP) is 0.121. The van der Waals surface area contributed by atoms with E-state index in [-0.39, 0.29) is 0 Å². The third-order valence-electron chi connectivity index (χ3n) is 2.78. The summed E-state index contributed by atoms with van der Waals surface area (Å²) in [6.45, 7) is 4.77. The van der Waals surface area contributed by atoms with Gasteiger partial charge in [-0.05, 0) is 5.92 Å². The van der Waals surface area contributed by atoms with Crippen LogP contribution in [0, 0.1) is 5.92 Å². The second-order valence-electron chi connectivity index (χ2n) is 4.68. The Bertz CT molecular complexity index is 692. The second-order valence-corrected chi connectivity index (χ2v) is 4.68. The third-order valence-corrected chi connectivity index (χ3v) is 2.78. The van der Waals surface area contributed by atoms with Crippen molar-refractivity contribution in [2.24, 2.45) is 13.0 Å². The molecule has 0 amide bonds. The van der Waals surface area contributed by atoms with E-state index >= 15 is 0 Å². The summed E-state index contributed by atoms with van der Waals surface area (Å²) < 4.78 is 3.15. The predicted molar refractivity (Wildman–Crippen MR) is 70.0 cm³/mol. The van der Waals surface area contributed by atoms with Crippen molar-refractivity contribution in [3.63, 3.8) is 0 Å². The Balaban J connectivity index is 2.87. The van der Waals surface area contributed by atoms with Gasteiger partial charge in [-0.15, -0.1) is 0 Å². The molecule has 0 radical (unpaired) electrons. The lowest BCUT2D eigenvalue weighted by Crippen LogP contribution is -2.29. The van der Waals surface area contributed by atoms with Gasteiger partial charge >= 0.3 is 5.69 Å². The fourth-order valence-corrected chi connectivity index (χ4v) is 1.97.